The molecule has 2 fully saturated rings. The number of benzene rings is 1. The number of hydrogen-bond acceptors (Lipinski definition) is 7. The predicted molar refractivity (Wildman–Crippen MR) is 129 cm³/mol. The highest BCUT2D eigenvalue weighted by Crippen LogP contribution is 2.33. The molecule has 0 spiro atoms. The molecule has 0 radical (unpaired) electrons. The maximum atomic E-state index is 14.0. The van der Waals surface area contributed by atoms with Crippen molar-refractivity contribution in [3.63, 3.8) is 0 Å². The molecule has 2 amide bonds. The number of carbonyl (C=O) groups is 2. The molecule has 10 heteroatoms. The monoisotopic (exact) mass is 494 g/mol. The summed E-state index contributed by atoms with van der Waals surface area (Å²) in [5, 5.41) is 8.92. The first-order valence-corrected chi connectivity index (χ1v) is 12.5. The van der Waals surface area contributed by atoms with Crippen LogP contribution in [-0.2, 0) is 19.0 Å². The second kappa shape index (κ2) is 14.3. The van der Waals surface area contributed by atoms with Crippen LogP contribution in [0.25, 0.3) is 0 Å². The Kier molecular flexibility index (Phi) is 11.2. The molecule has 3 rings (SSSR count). The van der Waals surface area contributed by atoms with E-state index in [0.717, 1.165) is 32.5 Å². The summed E-state index contributed by atoms with van der Waals surface area (Å²) in [6, 6.07) is 6.20. The van der Waals surface area contributed by atoms with Crippen molar-refractivity contribution in [1.29, 1.82) is 0 Å². The van der Waals surface area contributed by atoms with Crippen molar-refractivity contribution in [3.8, 4) is 0 Å². The number of methoxy groups -OCH3 is 1. The number of alkyl carbamates (subject to hydrolysis) is 1. The van der Waals surface area contributed by atoms with Crippen molar-refractivity contribution in [2.45, 2.75) is 37.8 Å². The van der Waals surface area contributed by atoms with Crippen molar-refractivity contribution < 1.29 is 28.2 Å². The lowest BCUT2D eigenvalue weighted by Gasteiger charge is -2.35. The molecule has 9 nitrogen and oxygen atoms in total. The summed E-state index contributed by atoms with van der Waals surface area (Å²) in [6.45, 7) is 3.67. The standard InChI is InChI=1S/C25H39FN4O5/c1-33-25(32)29-7-9-35-23(18-5-2-6-21(26)12-18)19-11-20(14-28-13-19)24(31)30-15-22(27)10-17-4-3-8-34-16-17/h2,5-6,12,17,19-20,22-23,28H,3-4,7-11,13-16,27H2,1H3,(H,29,32)(H,30,31)/t17-,19?,20?,22-,23+/m1/s1. The maximum absolute atomic E-state index is 14.0. The van der Waals surface area contributed by atoms with Gasteiger partial charge in [-0.2, -0.15) is 0 Å². The molecular weight excluding hydrogens is 455 g/mol. The van der Waals surface area contributed by atoms with Gasteiger partial charge in [0.2, 0.25) is 5.91 Å². The van der Waals surface area contributed by atoms with E-state index in [0.29, 0.717) is 37.5 Å². The molecule has 0 saturated carbocycles. The van der Waals surface area contributed by atoms with Crippen molar-refractivity contribution >= 4 is 12.0 Å². The number of rotatable bonds is 11. The highest BCUT2D eigenvalue weighted by molar-refractivity contribution is 5.79. The Bertz CT molecular complexity index is 808. The molecule has 2 heterocycles. The fourth-order valence-electron chi connectivity index (χ4n) is 4.89. The lowest BCUT2D eigenvalue weighted by molar-refractivity contribution is -0.126. The van der Waals surface area contributed by atoms with Gasteiger partial charge in [-0.3, -0.25) is 4.79 Å². The van der Waals surface area contributed by atoms with Gasteiger partial charge in [0.1, 0.15) is 5.82 Å². The molecule has 35 heavy (non-hydrogen) atoms. The minimum Gasteiger partial charge on any atom is -0.453 e. The van der Waals surface area contributed by atoms with Gasteiger partial charge in [-0.1, -0.05) is 12.1 Å². The van der Waals surface area contributed by atoms with Crippen LogP contribution < -0.4 is 21.7 Å². The van der Waals surface area contributed by atoms with Crippen LogP contribution in [0.5, 0.6) is 0 Å². The molecule has 2 saturated heterocycles. The van der Waals surface area contributed by atoms with Crippen LogP contribution in [0, 0.1) is 23.6 Å². The highest BCUT2D eigenvalue weighted by atomic mass is 19.1. The molecular formula is C25H39FN4O5. The number of nitrogens with one attached hydrogen (secondary N) is 3. The average molecular weight is 495 g/mol. The number of piperidine rings is 1. The first kappa shape index (κ1) is 27.3. The van der Waals surface area contributed by atoms with E-state index < -0.39 is 12.2 Å². The third-order valence-corrected chi connectivity index (χ3v) is 6.64. The quantitative estimate of drug-likeness (QED) is 0.345. The summed E-state index contributed by atoms with van der Waals surface area (Å²) in [7, 11) is 1.29. The second-order valence-electron chi connectivity index (χ2n) is 9.44. The molecule has 0 bridgehead atoms. The first-order valence-electron chi connectivity index (χ1n) is 12.5. The smallest absolute Gasteiger partial charge is 0.406 e. The van der Waals surface area contributed by atoms with E-state index in [-0.39, 0.29) is 42.8 Å². The van der Waals surface area contributed by atoms with Crippen LogP contribution in [0.3, 0.4) is 0 Å². The largest absolute Gasteiger partial charge is 0.453 e. The van der Waals surface area contributed by atoms with Gasteiger partial charge in [-0.25, -0.2) is 9.18 Å². The predicted octanol–water partition coefficient (Wildman–Crippen LogP) is 1.73. The van der Waals surface area contributed by atoms with E-state index in [9.17, 15) is 14.0 Å². The number of hydrogen-bond donors (Lipinski definition) is 4. The van der Waals surface area contributed by atoms with Gasteiger partial charge in [0.15, 0.2) is 0 Å². The van der Waals surface area contributed by atoms with E-state index in [1.165, 1.54) is 19.2 Å². The Morgan fingerprint density at radius 1 is 1.31 bits per heavy atom. The minimum absolute atomic E-state index is 0.0390. The van der Waals surface area contributed by atoms with Gasteiger partial charge in [0.25, 0.3) is 0 Å². The topological polar surface area (TPSA) is 124 Å². The van der Waals surface area contributed by atoms with Crippen LogP contribution in [0.2, 0.25) is 0 Å². The summed E-state index contributed by atoms with van der Waals surface area (Å²) in [6.07, 6.45) is 2.64. The van der Waals surface area contributed by atoms with Crippen molar-refractivity contribution in [1.82, 2.24) is 16.0 Å². The van der Waals surface area contributed by atoms with E-state index in [2.05, 4.69) is 20.7 Å². The molecule has 1 aromatic carbocycles. The molecule has 0 aliphatic carbocycles. The molecule has 2 unspecified atom stereocenters. The molecule has 196 valence electrons. The lowest BCUT2D eigenvalue weighted by atomic mass is 9.83. The van der Waals surface area contributed by atoms with E-state index >= 15 is 0 Å². The van der Waals surface area contributed by atoms with Gasteiger partial charge >= 0.3 is 6.09 Å². The molecule has 1 aromatic rings. The van der Waals surface area contributed by atoms with Crippen molar-refractivity contribution in [2.75, 3.05) is 53.1 Å². The number of halogens is 1. The van der Waals surface area contributed by atoms with E-state index in [4.69, 9.17) is 15.2 Å². The van der Waals surface area contributed by atoms with Crippen molar-refractivity contribution in [2.24, 2.45) is 23.5 Å². The normalized spacial score (nSPS) is 24.3. The Balaban J connectivity index is 1.54. The summed E-state index contributed by atoms with van der Waals surface area (Å²) < 4.78 is 30.1. The van der Waals surface area contributed by atoms with Crippen molar-refractivity contribution in [3.05, 3.63) is 35.6 Å². The zero-order valence-corrected chi connectivity index (χ0v) is 20.5. The Morgan fingerprint density at radius 3 is 2.91 bits per heavy atom. The zero-order valence-electron chi connectivity index (χ0n) is 20.5. The number of nitrogens with two attached hydrogens (primary N) is 1. The fraction of sp³-hybridized carbons (Fsp3) is 0.680. The van der Waals surface area contributed by atoms with Crippen LogP contribution >= 0.6 is 0 Å². The third kappa shape index (κ3) is 9.03. The molecule has 2 aliphatic rings. The average Bonchev–Trinajstić information content (AvgIpc) is 2.87. The van der Waals surface area contributed by atoms with Gasteiger partial charge in [-0.15, -0.1) is 0 Å². The summed E-state index contributed by atoms with van der Waals surface area (Å²) in [4.78, 5) is 24.2. The number of amides is 2. The summed E-state index contributed by atoms with van der Waals surface area (Å²) in [5.74, 6) is -0.226. The summed E-state index contributed by atoms with van der Waals surface area (Å²) >= 11 is 0. The fourth-order valence-corrected chi connectivity index (χ4v) is 4.89. The van der Waals surface area contributed by atoms with Gasteiger partial charge in [0.05, 0.1) is 25.7 Å². The lowest BCUT2D eigenvalue weighted by Crippen LogP contribution is -2.48. The number of ether oxygens (including phenoxy) is 3. The third-order valence-electron chi connectivity index (χ3n) is 6.64. The first-order chi connectivity index (χ1) is 17.0. The van der Waals surface area contributed by atoms with Gasteiger partial charge in [0, 0.05) is 51.4 Å². The highest BCUT2D eigenvalue weighted by Gasteiger charge is 2.33. The van der Waals surface area contributed by atoms with E-state index in [1.807, 2.05) is 6.07 Å². The maximum Gasteiger partial charge on any atom is 0.406 e. The SMILES string of the molecule is COC(=O)NCCO[C@@H](c1cccc(F)c1)C1CNCC(C(=O)NC[C@H](N)C[C@H]2CCCOC2)C1. The molecule has 5 N–H and O–H groups in total. The Morgan fingerprint density at radius 2 is 2.17 bits per heavy atom. The Labute approximate surface area is 206 Å². The van der Waals surface area contributed by atoms with Crippen LogP contribution in [-0.4, -0.2) is 71.2 Å². The second-order valence-corrected chi connectivity index (χ2v) is 9.44. The van der Waals surface area contributed by atoms with Crippen LogP contribution in [0.1, 0.15) is 37.4 Å². The van der Waals surface area contributed by atoms with Gasteiger partial charge < -0.3 is 35.9 Å². The molecule has 0 aromatic heterocycles. The number of carbonyl (C=O) groups excluding carboxylic acids is 2. The zero-order chi connectivity index (χ0) is 25.0. The van der Waals surface area contributed by atoms with E-state index in [1.54, 1.807) is 6.07 Å². The Hall–Kier alpha value is -2.27. The van der Waals surface area contributed by atoms with Crippen LogP contribution in [0.15, 0.2) is 24.3 Å². The molecule has 5 atom stereocenters. The molecule has 2 aliphatic heterocycles. The summed E-state index contributed by atoms with van der Waals surface area (Å²) in [5.41, 5.74) is 6.97. The van der Waals surface area contributed by atoms with Crippen LogP contribution in [0.4, 0.5) is 9.18 Å². The van der Waals surface area contributed by atoms with Gasteiger partial charge in [-0.05, 0) is 49.3 Å². The minimum atomic E-state index is -0.541.